The summed E-state index contributed by atoms with van der Waals surface area (Å²) in [5.74, 6) is -3.04. The molecule has 0 atom stereocenters. The molecule has 78 valence electrons. The zero-order chi connectivity index (χ0) is 11.4. The molecule has 0 aliphatic carbocycles. The van der Waals surface area contributed by atoms with Gasteiger partial charge in [0.1, 0.15) is 0 Å². The van der Waals surface area contributed by atoms with Gasteiger partial charge in [0.05, 0.1) is 11.9 Å². The summed E-state index contributed by atoms with van der Waals surface area (Å²) in [6, 6.07) is 7.92. The third kappa shape index (κ3) is 2.43. The monoisotopic (exact) mass is 204 g/mol. The molecule has 0 amide bonds. The molecule has 4 nitrogen and oxygen atoms in total. The molecule has 0 aliphatic heterocycles. The van der Waals surface area contributed by atoms with Crippen molar-refractivity contribution in [2.75, 3.05) is 0 Å². The van der Waals surface area contributed by atoms with Crippen LogP contribution in [0.2, 0.25) is 0 Å². The maximum absolute atomic E-state index is 10.8. The van der Waals surface area contributed by atoms with E-state index in [9.17, 15) is 19.8 Å². The smallest absolute Gasteiger partial charge is 0.0724 e. The van der Waals surface area contributed by atoms with Crippen molar-refractivity contribution >= 4 is 17.5 Å². The summed E-state index contributed by atoms with van der Waals surface area (Å²) in [6.07, 6.45) is 0. The molecule has 1 aromatic rings. The van der Waals surface area contributed by atoms with Crippen LogP contribution in [-0.4, -0.2) is 11.9 Å². The van der Waals surface area contributed by atoms with Gasteiger partial charge in [-0.3, -0.25) is 0 Å². The third-order valence-electron chi connectivity index (χ3n) is 1.95. The third-order valence-corrected chi connectivity index (χ3v) is 1.95. The lowest BCUT2D eigenvalue weighted by Crippen LogP contribution is -2.30. The number of carbonyl (C=O) groups is 2. The lowest BCUT2D eigenvalue weighted by atomic mass is 10.0. The lowest BCUT2D eigenvalue weighted by molar-refractivity contribution is -0.301. The van der Waals surface area contributed by atoms with E-state index < -0.39 is 11.9 Å². The van der Waals surface area contributed by atoms with E-state index in [0.717, 1.165) is 0 Å². The standard InChI is InChI=1S/C11H10O4/c1-7(10(12)13)9(11(14)15)8-5-3-2-4-6-8/h2-6H,1H3,(H,12,13)(H,14,15)/p-2/b9-7+. The Bertz CT molecular complexity index is 417. The summed E-state index contributed by atoms with van der Waals surface area (Å²) in [4.78, 5) is 21.3. The van der Waals surface area contributed by atoms with Crippen molar-refractivity contribution in [3.05, 3.63) is 41.5 Å². The van der Waals surface area contributed by atoms with Gasteiger partial charge in [-0.05, 0) is 18.1 Å². The Balaban J connectivity index is 3.34. The van der Waals surface area contributed by atoms with Gasteiger partial charge in [0.15, 0.2) is 0 Å². The van der Waals surface area contributed by atoms with Gasteiger partial charge >= 0.3 is 0 Å². The Morgan fingerprint density at radius 1 is 1.00 bits per heavy atom. The Hall–Kier alpha value is -2.10. The molecular formula is C11H8O4-2. The van der Waals surface area contributed by atoms with Crippen LogP contribution in [0.4, 0.5) is 0 Å². The second kappa shape index (κ2) is 4.41. The van der Waals surface area contributed by atoms with Gasteiger partial charge in [-0.2, -0.15) is 0 Å². The molecule has 1 rings (SSSR count). The van der Waals surface area contributed by atoms with Crippen LogP contribution in [0.25, 0.3) is 5.57 Å². The molecule has 0 saturated heterocycles. The SMILES string of the molecule is C/C(C(=O)[O-])=C(\C(=O)[O-])c1ccccc1. The van der Waals surface area contributed by atoms with Gasteiger partial charge in [0.25, 0.3) is 0 Å². The van der Waals surface area contributed by atoms with Gasteiger partial charge in [0, 0.05) is 5.57 Å². The van der Waals surface area contributed by atoms with Gasteiger partial charge in [-0.1, -0.05) is 30.3 Å². The number of carbonyl (C=O) groups excluding carboxylic acids is 2. The largest absolute Gasteiger partial charge is 0.545 e. The van der Waals surface area contributed by atoms with E-state index in [1.54, 1.807) is 18.2 Å². The number of hydrogen-bond donors (Lipinski definition) is 0. The fraction of sp³-hybridized carbons (Fsp3) is 0.0909. The molecule has 0 fully saturated rings. The van der Waals surface area contributed by atoms with E-state index in [1.807, 2.05) is 0 Å². The molecule has 0 heterocycles. The number of carboxylic acid groups (broad SMARTS) is 2. The first-order chi connectivity index (χ1) is 7.04. The van der Waals surface area contributed by atoms with Crippen molar-refractivity contribution in [3.8, 4) is 0 Å². The van der Waals surface area contributed by atoms with Crippen molar-refractivity contribution < 1.29 is 19.8 Å². The van der Waals surface area contributed by atoms with Gasteiger partial charge in [0.2, 0.25) is 0 Å². The van der Waals surface area contributed by atoms with Crippen molar-refractivity contribution in [3.63, 3.8) is 0 Å². The van der Waals surface area contributed by atoms with Crippen LogP contribution in [0.3, 0.4) is 0 Å². The van der Waals surface area contributed by atoms with Crippen molar-refractivity contribution in [1.29, 1.82) is 0 Å². The molecule has 0 N–H and O–H groups in total. The topological polar surface area (TPSA) is 80.3 Å². The average molecular weight is 204 g/mol. The molecule has 4 heteroatoms. The molecule has 0 spiro atoms. The first-order valence-corrected chi connectivity index (χ1v) is 4.23. The first-order valence-electron chi connectivity index (χ1n) is 4.23. The highest BCUT2D eigenvalue weighted by Crippen LogP contribution is 2.17. The lowest BCUT2D eigenvalue weighted by Gasteiger charge is -2.14. The van der Waals surface area contributed by atoms with Crippen LogP contribution in [-0.2, 0) is 9.59 Å². The molecule has 0 saturated carbocycles. The highest BCUT2D eigenvalue weighted by Gasteiger charge is 2.07. The van der Waals surface area contributed by atoms with Crippen LogP contribution in [0, 0.1) is 0 Å². The Kier molecular flexibility index (Phi) is 3.23. The van der Waals surface area contributed by atoms with Crippen LogP contribution in [0.15, 0.2) is 35.9 Å². The maximum Gasteiger partial charge on any atom is 0.0724 e. The molecule has 0 aliphatic rings. The van der Waals surface area contributed by atoms with Crippen LogP contribution in [0.5, 0.6) is 0 Å². The zero-order valence-corrected chi connectivity index (χ0v) is 8.02. The van der Waals surface area contributed by atoms with Crippen LogP contribution < -0.4 is 10.2 Å². The van der Waals surface area contributed by atoms with E-state index >= 15 is 0 Å². The molecule has 0 aromatic heterocycles. The predicted octanol–water partition coefficient (Wildman–Crippen LogP) is -1.04. The summed E-state index contributed by atoms with van der Waals surface area (Å²) < 4.78 is 0. The molecule has 15 heavy (non-hydrogen) atoms. The van der Waals surface area contributed by atoms with Crippen LogP contribution >= 0.6 is 0 Å². The minimum atomic E-state index is -1.53. The Morgan fingerprint density at radius 2 is 1.53 bits per heavy atom. The Morgan fingerprint density at radius 3 is 1.93 bits per heavy atom. The molecule has 1 aromatic carbocycles. The summed E-state index contributed by atoms with van der Waals surface area (Å²) in [6.45, 7) is 1.17. The van der Waals surface area contributed by atoms with E-state index in [0.29, 0.717) is 5.56 Å². The highest BCUT2D eigenvalue weighted by atomic mass is 16.4. The zero-order valence-electron chi connectivity index (χ0n) is 8.02. The van der Waals surface area contributed by atoms with Gasteiger partial charge in [-0.25, -0.2) is 0 Å². The average Bonchev–Trinajstić information content (AvgIpc) is 2.18. The number of aliphatic carboxylic acids is 2. The van der Waals surface area contributed by atoms with E-state index in [2.05, 4.69) is 0 Å². The second-order valence-electron chi connectivity index (χ2n) is 2.94. The summed E-state index contributed by atoms with van der Waals surface area (Å²) in [7, 11) is 0. The van der Waals surface area contributed by atoms with E-state index in [1.165, 1.54) is 19.1 Å². The quantitative estimate of drug-likeness (QED) is 0.589. The molecule has 0 bridgehead atoms. The summed E-state index contributed by atoms with van der Waals surface area (Å²) >= 11 is 0. The fourth-order valence-corrected chi connectivity index (χ4v) is 1.19. The molecule has 0 unspecified atom stereocenters. The summed E-state index contributed by atoms with van der Waals surface area (Å²) in [5, 5.41) is 21.3. The van der Waals surface area contributed by atoms with Gasteiger partial charge in [-0.15, -0.1) is 0 Å². The van der Waals surface area contributed by atoms with Gasteiger partial charge < -0.3 is 19.8 Å². The Labute approximate surface area is 86.5 Å². The summed E-state index contributed by atoms with van der Waals surface area (Å²) in [5.41, 5.74) is -0.406. The number of carboxylic acids is 2. The van der Waals surface area contributed by atoms with E-state index in [4.69, 9.17) is 0 Å². The van der Waals surface area contributed by atoms with Crippen molar-refractivity contribution in [2.45, 2.75) is 6.92 Å². The minimum Gasteiger partial charge on any atom is -0.545 e. The van der Waals surface area contributed by atoms with Crippen molar-refractivity contribution in [2.24, 2.45) is 0 Å². The maximum atomic E-state index is 10.8. The molecule has 0 radical (unpaired) electrons. The minimum absolute atomic E-state index is 0.291. The normalized spacial score (nSPS) is 11.8. The number of rotatable bonds is 3. The van der Waals surface area contributed by atoms with Crippen molar-refractivity contribution in [1.82, 2.24) is 0 Å². The fourth-order valence-electron chi connectivity index (χ4n) is 1.19. The number of benzene rings is 1. The van der Waals surface area contributed by atoms with E-state index in [-0.39, 0.29) is 11.1 Å². The molecular weight excluding hydrogens is 196 g/mol. The van der Waals surface area contributed by atoms with Crippen LogP contribution in [0.1, 0.15) is 12.5 Å². The predicted molar refractivity (Wildman–Crippen MR) is 49.1 cm³/mol. The number of hydrogen-bond acceptors (Lipinski definition) is 4. The highest BCUT2D eigenvalue weighted by molar-refractivity contribution is 6.20. The second-order valence-corrected chi connectivity index (χ2v) is 2.94. The first kappa shape index (κ1) is 11.0.